The van der Waals surface area contributed by atoms with Crippen LogP contribution in [0.2, 0.25) is 0 Å². The molecule has 12 heavy (non-hydrogen) atoms. The van der Waals surface area contributed by atoms with Crippen molar-refractivity contribution < 1.29 is 8.78 Å². The van der Waals surface area contributed by atoms with Crippen LogP contribution in [0.3, 0.4) is 0 Å². The Morgan fingerprint density at radius 1 is 1.42 bits per heavy atom. The van der Waals surface area contributed by atoms with Crippen molar-refractivity contribution in [2.24, 2.45) is 5.73 Å². The van der Waals surface area contributed by atoms with Gasteiger partial charge in [0, 0.05) is 17.8 Å². The Bertz CT molecular complexity index is 217. The largest absolute Gasteiger partial charge is 0.323 e. The number of alkyl halides is 2. The third-order valence-corrected chi connectivity index (χ3v) is 1.53. The van der Waals surface area contributed by atoms with Crippen molar-refractivity contribution in [1.82, 2.24) is 4.98 Å². The van der Waals surface area contributed by atoms with Crippen LogP contribution in [0.5, 0.6) is 0 Å². The summed E-state index contributed by atoms with van der Waals surface area (Å²) in [5.41, 5.74) is 6.04. The lowest BCUT2D eigenvalue weighted by Gasteiger charge is -2.04. The number of nitrogens with two attached hydrogens (primary N) is 1. The zero-order valence-electron chi connectivity index (χ0n) is 6.67. The molecule has 1 atom stereocenters. The number of hydrogen-bond donors (Lipinski definition) is 1. The molecule has 0 aliphatic rings. The van der Waals surface area contributed by atoms with Crippen molar-refractivity contribution in [1.29, 1.82) is 0 Å². The maximum absolute atomic E-state index is 12.0. The summed E-state index contributed by atoms with van der Waals surface area (Å²) in [7, 11) is 0. The van der Waals surface area contributed by atoms with E-state index in [4.69, 9.17) is 5.73 Å². The molecule has 1 rings (SSSR count). The second-order valence-electron chi connectivity index (χ2n) is 2.61. The van der Waals surface area contributed by atoms with E-state index in [-0.39, 0.29) is 11.6 Å². The van der Waals surface area contributed by atoms with Gasteiger partial charge in [0.05, 0.1) is 5.69 Å². The van der Waals surface area contributed by atoms with Crippen molar-refractivity contribution in [3.63, 3.8) is 0 Å². The average molecular weight is 172 g/mol. The summed E-state index contributed by atoms with van der Waals surface area (Å²) in [5, 5.41) is 0. The summed E-state index contributed by atoms with van der Waals surface area (Å²) in [5.74, 6) is 0. The van der Waals surface area contributed by atoms with Gasteiger partial charge in [-0.1, -0.05) is 0 Å². The number of pyridine rings is 1. The van der Waals surface area contributed by atoms with E-state index in [1.54, 1.807) is 6.92 Å². The first kappa shape index (κ1) is 9.06. The van der Waals surface area contributed by atoms with E-state index in [0.29, 0.717) is 5.69 Å². The van der Waals surface area contributed by atoms with Gasteiger partial charge in [-0.15, -0.1) is 0 Å². The van der Waals surface area contributed by atoms with Gasteiger partial charge < -0.3 is 5.73 Å². The minimum absolute atomic E-state index is 0.0700. The van der Waals surface area contributed by atoms with Crippen LogP contribution < -0.4 is 5.73 Å². The summed E-state index contributed by atoms with van der Waals surface area (Å²) in [6, 6.07) is 2.65. The van der Waals surface area contributed by atoms with Gasteiger partial charge in [0.1, 0.15) is 0 Å². The smallest absolute Gasteiger partial charge is 0.265 e. The molecule has 1 unspecified atom stereocenters. The number of nitrogens with zero attached hydrogens (tertiary/aromatic N) is 1. The van der Waals surface area contributed by atoms with Crippen LogP contribution in [-0.4, -0.2) is 4.98 Å². The van der Waals surface area contributed by atoms with E-state index < -0.39 is 6.43 Å². The fourth-order valence-electron chi connectivity index (χ4n) is 0.815. The molecule has 0 saturated carbocycles. The third kappa shape index (κ3) is 1.98. The van der Waals surface area contributed by atoms with E-state index in [2.05, 4.69) is 4.98 Å². The van der Waals surface area contributed by atoms with Crippen molar-refractivity contribution >= 4 is 0 Å². The van der Waals surface area contributed by atoms with Gasteiger partial charge in [-0.2, -0.15) is 0 Å². The van der Waals surface area contributed by atoms with E-state index in [9.17, 15) is 8.78 Å². The van der Waals surface area contributed by atoms with Crippen molar-refractivity contribution in [3.8, 4) is 0 Å². The highest BCUT2D eigenvalue weighted by Gasteiger charge is 2.07. The topological polar surface area (TPSA) is 38.9 Å². The Kier molecular flexibility index (Phi) is 2.70. The molecule has 1 aromatic heterocycles. The summed E-state index contributed by atoms with van der Waals surface area (Å²) in [6.07, 6.45) is -1.30. The van der Waals surface area contributed by atoms with Crippen LogP contribution in [0.1, 0.15) is 30.6 Å². The summed E-state index contributed by atoms with van der Waals surface area (Å²) < 4.78 is 24.1. The van der Waals surface area contributed by atoms with Gasteiger partial charge >= 0.3 is 0 Å². The molecule has 2 N–H and O–H groups in total. The van der Waals surface area contributed by atoms with Crippen LogP contribution in [0.15, 0.2) is 18.3 Å². The first-order valence-corrected chi connectivity index (χ1v) is 3.61. The molecule has 0 fully saturated rings. The molecule has 1 heterocycles. The number of aromatic nitrogens is 1. The zero-order valence-corrected chi connectivity index (χ0v) is 6.67. The van der Waals surface area contributed by atoms with Gasteiger partial charge in [-0.3, -0.25) is 4.98 Å². The normalized spacial score (nSPS) is 13.4. The predicted molar refractivity (Wildman–Crippen MR) is 41.8 cm³/mol. The molecular formula is C8H10F2N2. The first-order valence-electron chi connectivity index (χ1n) is 3.61. The van der Waals surface area contributed by atoms with Crippen LogP contribution in [0, 0.1) is 0 Å². The average Bonchev–Trinajstić information content (AvgIpc) is 2.04. The molecule has 66 valence electrons. The zero-order chi connectivity index (χ0) is 9.14. The molecule has 0 aromatic carbocycles. The Morgan fingerprint density at radius 3 is 2.42 bits per heavy atom. The second kappa shape index (κ2) is 3.58. The summed E-state index contributed by atoms with van der Waals surface area (Å²) >= 11 is 0. The lowest BCUT2D eigenvalue weighted by atomic mass is 10.2. The van der Waals surface area contributed by atoms with E-state index in [0.717, 1.165) is 6.20 Å². The van der Waals surface area contributed by atoms with Gasteiger partial charge in [0.25, 0.3) is 6.43 Å². The molecule has 0 saturated heterocycles. The van der Waals surface area contributed by atoms with E-state index in [1.165, 1.54) is 12.1 Å². The monoisotopic (exact) mass is 172 g/mol. The Morgan fingerprint density at radius 2 is 2.08 bits per heavy atom. The van der Waals surface area contributed by atoms with Crippen molar-refractivity contribution in [3.05, 3.63) is 29.6 Å². The maximum atomic E-state index is 12.0. The highest BCUT2D eigenvalue weighted by Crippen LogP contribution is 2.18. The Balaban J connectivity index is 2.86. The number of rotatable bonds is 2. The molecule has 0 amide bonds. The fourth-order valence-corrected chi connectivity index (χ4v) is 0.815. The Hall–Kier alpha value is -1.03. The van der Waals surface area contributed by atoms with Crippen LogP contribution in [0.4, 0.5) is 8.78 Å². The standard InChI is InChI=1S/C8H10F2N2/c1-5(11)7-3-2-6(4-12-7)8(9)10/h2-5,8H,11H2,1H3. The molecule has 0 radical (unpaired) electrons. The minimum Gasteiger partial charge on any atom is -0.323 e. The van der Waals surface area contributed by atoms with Crippen molar-refractivity contribution in [2.75, 3.05) is 0 Å². The Labute approximate surface area is 69.4 Å². The molecule has 0 aliphatic carbocycles. The maximum Gasteiger partial charge on any atom is 0.265 e. The number of hydrogen-bond acceptors (Lipinski definition) is 2. The van der Waals surface area contributed by atoms with E-state index in [1.807, 2.05) is 0 Å². The molecular weight excluding hydrogens is 162 g/mol. The quantitative estimate of drug-likeness (QED) is 0.741. The summed E-state index contributed by atoms with van der Waals surface area (Å²) in [4.78, 5) is 3.79. The van der Waals surface area contributed by atoms with Crippen LogP contribution >= 0.6 is 0 Å². The van der Waals surface area contributed by atoms with Gasteiger partial charge in [0.15, 0.2) is 0 Å². The van der Waals surface area contributed by atoms with E-state index >= 15 is 0 Å². The summed E-state index contributed by atoms with van der Waals surface area (Å²) in [6.45, 7) is 1.75. The SMILES string of the molecule is CC(N)c1ccc(C(F)F)cn1. The molecule has 0 bridgehead atoms. The van der Waals surface area contributed by atoms with Gasteiger partial charge in [-0.25, -0.2) is 8.78 Å². The second-order valence-corrected chi connectivity index (χ2v) is 2.61. The third-order valence-electron chi connectivity index (χ3n) is 1.53. The minimum atomic E-state index is -2.46. The van der Waals surface area contributed by atoms with Gasteiger partial charge in [-0.05, 0) is 19.1 Å². The van der Waals surface area contributed by atoms with Crippen LogP contribution in [0.25, 0.3) is 0 Å². The lowest BCUT2D eigenvalue weighted by Crippen LogP contribution is -2.07. The molecule has 0 spiro atoms. The lowest BCUT2D eigenvalue weighted by molar-refractivity contribution is 0.151. The van der Waals surface area contributed by atoms with Gasteiger partial charge in [0.2, 0.25) is 0 Å². The van der Waals surface area contributed by atoms with Crippen molar-refractivity contribution in [2.45, 2.75) is 19.4 Å². The molecule has 4 heteroatoms. The predicted octanol–water partition coefficient (Wildman–Crippen LogP) is 2.04. The molecule has 0 aliphatic heterocycles. The number of halogens is 2. The molecule has 2 nitrogen and oxygen atoms in total. The first-order chi connectivity index (χ1) is 5.61. The highest BCUT2D eigenvalue weighted by atomic mass is 19.3. The molecule has 1 aromatic rings. The van der Waals surface area contributed by atoms with Crippen LogP contribution in [-0.2, 0) is 0 Å². The fraction of sp³-hybridized carbons (Fsp3) is 0.375. The highest BCUT2D eigenvalue weighted by molar-refractivity contribution is 5.16.